The van der Waals surface area contributed by atoms with Gasteiger partial charge in [-0.2, -0.15) is 0 Å². The molecule has 1 aliphatic rings. The first kappa shape index (κ1) is 34.4. The minimum Gasteiger partial charge on any atom is -1.00 e. The smallest absolute Gasteiger partial charge is 1.00 e. The van der Waals surface area contributed by atoms with Gasteiger partial charge in [0.1, 0.15) is 0 Å². The van der Waals surface area contributed by atoms with Crippen molar-refractivity contribution in [2.24, 2.45) is 0 Å². The number of nitrogens with one attached hydrogen (secondary N) is 1. The molecule has 0 aromatic heterocycles. The third kappa shape index (κ3) is 33.9. The average Bonchev–Trinajstić information content (AvgIpc) is 3.12. The summed E-state index contributed by atoms with van der Waals surface area (Å²) in [5, 5.41) is 3.22. The third-order valence-electron chi connectivity index (χ3n) is 4.37. The van der Waals surface area contributed by atoms with Crippen LogP contribution in [0.3, 0.4) is 0 Å². The molecule has 1 saturated heterocycles. The van der Waals surface area contributed by atoms with Crippen LogP contribution in [0.15, 0.2) is 0 Å². The van der Waals surface area contributed by atoms with Crippen molar-refractivity contribution < 1.29 is 43.7 Å². The van der Waals surface area contributed by atoms with Gasteiger partial charge in [0.05, 0.1) is 0 Å². The Balaban J connectivity index is -0.000000236. The fourth-order valence-electron chi connectivity index (χ4n) is 2.81. The maximum atomic E-state index is 3.22. The van der Waals surface area contributed by atoms with Crippen LogP contribution in [0.5, 0.6) is 0 Å². The van der Waals surface area contributed by atoms with Crippen LogP contribution in [-0.2, 0) is 0 Å². The average molecular weight is 494 g/mol. The summed E-state index contributed by atoms with van der Waals surface area (Å²) in [7, 11) is 0. The largest absolute Gasteiger partial charge is 1.00 e. The molecule has 0 radical (unpaired) electrons. The van der Waals surface area contributed by atoms with Gasteiger partial charge in [0.25, 0.3) is 0 Å². The molecule has 1 nitrogen and oxygen atoms in total. The Morgan fingerprint density at radius 3 is 1.28 bits per heavy atom. The van der Waals surface area contributed by atoms with E-state index in [0.29, 0.717) is 0 Å². The number of halogens is 2. The van der Waals surface area contributed by atoms with Crippen molar-refractivity contribution >= 4 is 21.1 Å². The standard InChI is InChI=1S/2C8H17.C4H9N.2ClH.Li.Sn/c2*1-3-5-7-8-6-4-2;1-2-4-5-3-1;;;;/h2*1,3-8H2,2H3;5H,1-4H2;2*1H;;/q;;;;;+1;+2/p-2. The van der Waals surface area contributed by atoms with Gasteiger partial charge in [-0.1, -0.05) is 0 Å². The van der Waals surface area contributed by atoms with Crippen LogP contribution < -0.4 is 49.0 Å². The number of unbranched alkanes of at least 4 members (excludes halogenated alkanes) is 10. The summed E-state index contributed by atoms with van der Waals surface area (Å²) in [6, 6.07) is 0. The fourth-order valence-corrected chi connectivity index (χ4v) is 6.38. The van der Waals surface area contributed by atoms with Gasteiger partial charge in [-0.25, -0.2) is 0 Å². The first-order valence-corrected chi connectivity index (χ1v) is 14.4. The van der Waals surface area contributed by atoms with Crippen LogP contribution >= 0.6 is 0 Å². The quantitative estimate of drug-likeness (QED) is 0.211. The molecule has 0 aromatic rings. The molecule has 1 fully saturated rings. The second-order valence-corrected chi connectivity index (χ2v) is 11.0. The molecule has 0 unspecified atom stereocenters. The second kappa shape index (κ2) is 33.5. The van der Waals surface area contributed by atoms with Crippen molar-refractivity contribution in [3.8, 4) is 0 Å². The molecule has 0 aliphatic carbocycles. The van der Waals surface area contributed by atoms with Crippen LogP contribution in [0, 0.1) is 0 Å². The van der Waals surface area contributed by atoms with Crippen LogP contribution in [-0.4, -0.2) is 34.2 Å². The van der Waals surface area contributed by atoms with E-state index in [4.69, 9.17) is 0 Å². The Kier molecular flexibility index (Phi) is 46.2. The summed E-state index contributed by atoms with van der Waals surface area (Å²) in [6.45, 7) is 7.10. The number of hydrogen-bond acceptors (Lipinski definition) is 1. The Bertz CT molecular complexity index is 175. The normalized spacial score (nSPS) is 11.9. The SMILES string of the molecule is C1CCNC1.CCCCCCC[CH2][Sn+2][CH2]CCCCCCC.[Cl-].[Cl-].[Li+]. The second-order valence-electron chi connectivity index (χ2n) is 6.74. The molecular weight excluding hydrogens is 451 g/mol. The van der Waals surface area contributed by atoms with E-state index >= 15 is 0 Å². The van der Waals surface area contributed by atoms with Gasteiger partial charge in [-0.05, 0) is 25.9 Å². The minimum atomic E-state index is 0. The summed E-state index contributed by atoms with van der Waals surface area (Å²) in [4.78, 5) is 0. The van der Waals surface area contributed by atoms with Gasteiger partial charge in [0.2, 0.25) is 0 Å². The Hall–Kier alpha value is 1.94. The molecule has 25 heavy (non-hydrogen) atoms. The van der Waals surface area contributed by atoms with Gasteiger partial charge in [-0.3, -0.25) is 0 Å². The van der Waals surface area contributed by atoms with Crippen molar-refractivity contribution in [2.45, 2.75) is 113 Å². The molecule has 0 spiro atoms. The van der Waals surface area contributed by atoms with Gasteiger partial charge in [-0.15, -0.1) is 0 Å². The summed E-state index contributed by atoms with van der Waals surface area (Å²) < 4.78 is 3.31. The van der Waals surface area contributed by atoms with Crippen LogP contribution in [0.4, 0.5) is 0 Å². The third-order valence-corrected chi connectivity index (χ3v) is 8.41. The van der Waals surface area contributed by atoms with E-state index in [1.807, 2.05) is 0 Å². The fraction of sp³-hybridized carbons (Fsp3) is 1.00. The molecule has 1 heterocycles. The zero-order valence-electron chi connectivity index (χ0n) is 17.5. The van der Waals surface area contributed by atoms with Crippen molar-refractivity contribution in [2.75, 3.05) is 13.1 Å². The van der Waals surface area contributed by atoms with Crippen LogP contribution in [0.25, 0.3) is 0 Å². The molecule has 1 rings (SSSR count). The molecular formula is C20H43Cl2LiNSn+. The summed E-state index contributed by atoms with van der Waals surface area (Å²) >= 11 is 0.0736. The Morgan fingerprint density at radius 1 is 0.600 bits per heavy atom. The van der Waals surface area contributed by atoms with E-state index in [1.165, 1.54) is 90.1 Å². The molecule has 1 aliphatic heterocycles. The van der Waals surface area contributed by atoms with E-state index in [9.17, 15) is 0 Å². The van der Waals surface area contributed by atoms with Gasteiger partial charge in [0.15, 0.2) is 0 Å². The topological polar surface area (TPSA) is 12.0 Å². The maximum absolute atomic E-state index is 3.22. The van der Waals surface area contributed by atoms with E-state index in [2.05, 4.69) is 19.2 Å². The molecule has 0 amide bonds. The minimum absolute atomic E-state index is 0. The van der Waals surface area contributed by atoms with Crippen molar-refractivity contribution in [1.82, 2.24) is 5.32 Å². The van der Waals surface area contributed by atoms with Gasteiger partial charge < -0.3 is 30.1 Å². The number of rotatable bonds is 14. The zero-order chi connectivity index (χ0) is 16.1. The van der Waals surface area contributed by atoms with E-state index < -0.39 is 0 Å². The van der Waals surface area contributed by atoms with Crippen molar-refractivity contribution in [3.63, 3.8) is 0 Å². The first-order valence-electron chi connectivity index (χ1n) is 10.3. The predicted molar refractivity (Wildman–Crippen MR) is 104 cm³/mol. The van der Waals surface area contributed by atoms with Gasteiger partial charge >= 0.3 is 140 Å². The van der Waals surface area contributed by atoms with Gasteiger partial charge in [0, 0.05) is 0 Å². The number of hydrogen-bond donors (Lipinski definition) is 1. The molecule has 1 N–H and O–H groups in total. The van der Waals surface area contributed by atoms with E-state index in [0.717, 1.165) is 0 Å². The Labute approximate surface area is 194 Å². The first-order chi connectivity index (χ1) is 10.9. The van der Waals surface area contributed by atoms with Crippen LogP contribution in [0.1, 0.15) is 104 Å². The molecule has 0 saturated carbocycles. The monoisotopic (exact) mass is 494 g/mol. The maximum Gasteiger partial charge on any atom is 1.00 e. The molecule has 0 aromatic carbocycles. The predicted octanol–water partition coefficient (Wildman–Crippen LogP) is -2.37. The van der Waals surface area contributed by atoms with E-state index in [-0.39, 0.29) is 64.8 Å². The van der Waals surface area contributed by atoms with Crippen molar-refractivity contribution in [1.29, 1.82) is 0 Å². The molecule has 146 valence electrons. The molecule has 0 atom stereocenters. The van der Waals surface area contributed by atoms with E-state index in [1.54, 1.807) is 21.7 Å². The summed E-state index contributed by atoms with van der Waals surface area (Å²) in [5.41, 5.74) is 0. The van der Waals surface area contributed by atoms with Crippen LogP contribution in [0.2, 0.25) is 8.87 Å². The Morgan fingerprint density at radius 2 is 0.960 bits per heavy atom. The molecule has 0 bridgehead atoms. The van der Waals surface area contributed by atoms with Crippen molar-refractivity contribution in [3.05, 3.63) is 0 Å². The summed E-state index contributed by atoms with van der Waals surface area (Å²) in [6.07, 6.45) is 20.6. The molecule has 5 heteroatoms. The zero-order valence-corrected chi connectivity index (χ0v) is 21.8. The summed E-state index contributed by atoms with van der Waals surface area (Å²) in [5.74, 6) is 0.